The maximum absolute atomic E-state index is 12.4. The Kier molecular flexibility index (Phi) is 4.18. The van der Waals surface area contributed by atoms with Gasteiger partial charge in [0, 0.05) is 0 Å². The van der Waals surface area contributed by atoms with Crippen LogP contribution in [0.15, 0.2) is 0 Å². The van der Waals surface area contributed by atoms with E-state index in [-0.39, 0.29) is 0 Å². The molecule has 0 unspecified atom stereocenters. The third kappa shape index (κ3) is 2.22. The molecular weight excluding hydrogens is 299 g/mol. The second-order valence-electron chi connectivity index (χ2n) is 3.95. The summed E-state index contributed by atoms with van der Waals surface area (Å²) >= 11 is 0. The second kappa shape index (κ2) is 4.80. The number of hydrogen-bond acceptors (Lipinski definition) is 8. The summed E-state index contributed by atoms with van der Waals surface area (Å²) < 4.78 is 64.2. The van der Waals surface area contributed by atoms with Gasteiger partial charge in [-0.2, -0.15) is 13.2 Å². The van der Waals surface area contributed by atoms with Crippen LogP contribution in [0.2, 0.25) is 0 Å². The largest absolute Gasteiger partial charge is 0.499 e. The smallest absolute Gasteiger partial charge is 0.394 e. The van der Waals surface area contributed by atoms with Gasteiger partial charge in [-0.25, -0.2) is 8.42 Å². The lowest BCUT2D eigenvalue weighted by Crippen LogP contribution is -2.75. The van der Waals surface area contributed by atoms with Crippen LogP contribution in [-0.2, 0) is 14.6 Å². The molecule has 114 valence electrons. The van der Waals surface area contributed by atoms with E-state index in [4.69, 9.17) is 10.8 Å². The van der Waals surface area contributed by atoms with Crippen LogP contribution in [-0.4, -0.2) is 70.4 Å². The molecule has 1 rings (SSSR count). The molecule has 1 saturated heterocycles. The van der Waals surface area contributed by atoms with E-state index in [1.165, 1.54) is 0 Å². The predicted molar refractivity (Wildman–Crippen MR) is 51.9 cm³/mol. The predicted octanol–water partition coefficient (Wildman–Crippen LogP) is -2.99. The Morgan fingerprint density at radius 1 is 1.26 bits per heavy atom. The van der Waals surface area contributed by atoms with Crippen LogP contribution in [0.1, 0.15) is 0 Å². The first-order valence-electron chi connectivity index (χ1n) is 4.81. The van der Waals surface area contributed by atoms with E-state index in [1.807, 2.05) is 0 Å². The topological polar surface area (TPSA) is 150 Å². The minimum absolute atomic E-state index is 0.975. The number of halogens is 3. The number of ether oxygens (including phenoxy) is 1. The molecule has 0 aliphatic carbocycles. The number of sulfone groups is 1. The molecule has 0 aromatic rings. The van der Waals surface area contributed by atoms with Crippen molar-refractivity contribution in [3.05, 3.63) is 0 Å². The molecule has 19 heavy (non-hydrogen) atoms. The van der Waals surface area contributed by atoms with Gasteiger partial charge in [0.25, 0.3) is 9.84 Å². The summed E-state index contributed by atoms with van der Waals surface area (Å²) in [6, 6.07) is 0. The van der Waals surface area contributed by atoms with E-state index < -0.39 is 51.4 Å². The van der Waals surface area contributed by atoms with Crippen molar-refractivity contribution < 1.29 is 46.8 Å². The fourth-order valence-corrected chi connectivity index (χ4v) is 2.79. The molecule has 0 spiro atoms. The van der Waals surface area contributed by atoms with Gasteiger partial charge in [-0.3, -0.25) is 0 Å². The lowest BCUT2D eigenvalue weighted by atomic mass is 9.97. The minimum atomic E-state index is -6.25. The zero-order valence-corrected chi connectivity index (χ0v) is 9.97. The summed E-state index contributed by atoms with van der Waals surface area (Å²) in [7, 11) is -6.25. The van der Waals surface area contributed by atoms with Crippen molar-refractivity contribution in [2.24, 2.45) is 5.73 Å². The van der Waals surface area contributed by atoms with Crippen LogP contribution in [0.5, 0.6) is 0 Å². The summed E-state index contributed by atoms with van der Waals surface area (Å²) in [4.78, 5) is -3.70. The zero-order chi connectivity index (χ0) is 15.2. The Morgan fingerprint density at radius 2 is 1.74 bits per heavy atom. The molecule has 0 amide bonds. The molecule has 6 N–H and O–H groups in total. The standard InChI is InChI=1S/C7H12F3NO7S/c8-7(9,10)19(16,17)6(11)4(14)3(13)2(1-12)18-5(6)15/h2-5,12-15H,1,11H2/t2-,3-,4+,5-,6+/m1/s1. The highest BCUT2D eigenvalue weighted by molar-refractivity contribution is 7.93. The lowest BCUT2D eigenvalue weighted by Gasteiger charge is -2.45. The van der Waals surface area contributed by atoms with Gasteiger partial charge in [0.15, 0.2) is 6.29 Å². The van der Waals surface area contributed by atoms with Crippen molar-refractivity contribution in [1.82, 2.24) is 0 Å². The molecule has 0 radical (unpaired) electrons. The summed E-state index contributed by atoms with van der Waals surface area (Å²) in [6.07, 6.45) is -9.39. The summed E-state index contributed by atoms with van der Waals surface area (Å²) in [5.41, 5.74) is -0.933. The monoisotopic (exact) mass is 311 g/mol. The van der Waals surface area contributed by atoms with Gasteiger partial charge in [0.1, 0.15) is 18.3 Å². The molecular formula is C7H12F3NO7S. The van der Waals surface area contributed by atoms with E-state index in [0.29, 0.717) is 0 Å². The highest BCUT2D eigenvalue weighted by Crippen LogP contribution is 2.39. The van der Waals surface area contributed by atoms with Crippen molar-refractivity contribution in [3.8, 4) is 0 Å². The Hall–Kier alpha value is -0.500. The summed E-state index contributed by atoms with van der Waals surface area (Å²) in [6.45, 7) is -0.975. The van der Waals surface area contributed by atoms with Crippen LogP contribution >= 0.6 is 0 Å². The normalized spacial score (nSPS) is 41.3. The third-order valence-corrected chi connectivity index (χ3v) is 4.79. The number of nitrogens with two attached hydrogens (primary N) is 1. The summed E-state index contributed by atoms with van der Waals surface area (Å²) in [5, 5.41) is 36.8. The number of aliphatic hydroxyl groups is 4. The molecule has 8 nitrogen and oxygen atoms in total. The third-order valence-electron chi connectivity index (χ3n) is 2.81. The SMILES string of the molecule is N[C@@]1(S(=O)(=O)C(F)(F)F)[C@H](O)O[C@H](CO)[C@@H](O)[C@@H]1O. The highest BCUT2D eigenvalue weighted by Gasteiger charge is 2.68. The second-order valence-corrected chi connectivity index (χ2v) is 6.12. The van der Waals surface area contributed by atoms with Gasteiger partial charge in [0.05, 0.1) is 6.61 Å². The number of alkyl halides is 3. The average Bonchev–Trinajstić information content (AvgIpc) is 2.29. The maximum atomic E-state index is 12.4. The Balaban J connectivity index is 3.32. The lowest BCUT2D eigenvalue weighted by molar-refractivity contribution is -0.260. The molecule has 1 aliphatic rings. The van der Waals surface area contributed by atoms with Crippen molar-refractivity contribution in [1.29, 1.82) is 0 Å². The van der Waals surface area contributed by atoms with E-state index in [0.717, 1.165) is 0 Å². The Bertz CT molecular complexity index is 440. The molecule has 12 heteroatoms. The van der Waals surface area contributed by atoms with Crippen molar-refractivity contribution >= 4 is 9.84 Å². The molecule has 1 heterocycles. The van der Waals surface area contributed by atoms with E-state index >= 15 is 0 Å². The van der Waals surface area contributed by atoms with Crippen molar-refractivity contribution in [2.45, 2.75) is 35.0 Å². The number of rotatable bonds is 2. The van der Waals surface area contributed by atoms with Crippen LogP contribution < -0.4 is 5.73 Å². The number of aliphatic hydroxyl groups excluding tert-OH is 4. The van der Waals surface area contributed by atoms with Crippen LogP contribution in [0.3, 0.4) is 0 Å². The van der Waals surface area contributed by atoms with E-state index in [9.17, 15) is 36.9 Å². The first-order chi connectivity index (χ1) is 8.41. The van der Waals surface area contributed by atoms with E-state index in [2.05, 4.69) is 4.74 Å². The molecule has 1 fully saturated rings. The van der Waals surface area contributed by atoms with Gasteiger partial charge in [-0.05, 0) is 0 Å². The molecule has 0 aromatic heterocycles. The van der Waals surface area contributed by atoms with Gasteiger partial charge in [0.2, 0.25) is 4.87 Å². The van der Waals surface area contributed by atoms with Crippen LogP contribution in [0.25, 0.3) is 0 Å². The van der Waals surface area contributed by atoms with Crippen molar-refractivity contribution in [3.63, 3.8) is 0 Å². The van der Waals surface area contributed by atoms with Gasteiger partial charge >= 0.3 is 5.51 Å². The van der Waals surface area contributed by atoms with Gasteiger partial charge in [-0.1, -0.05) is 0 Å². The Labute approximate surface area is 105 Å². The van der Waals surface area contributed by atoms with Gasteiger partial charge in [-0.15, -0.1) is 0 Å². The first kappa shape index (κ1) is 16.6. The number of hydrogen-bond donors (Lipinski definition) is 5. The quantitative estimate of drug-likeness (QED) is 0.362. The molecule has 0 aromatic carbocycles. The fourth-order valence-electron chi connectivity index (χ4n) is 1.61. The Morgan fingerprint density at radius 3 is 2.11 bits per heavy atom. The molecule has 0 saturated carbocycles. The van der Waals surface area contributed by atoms with Crippen LogP contribution in [0, 0.1) is 0 Å². The molecule has 0 bridgehead atoms. The van der Waals surface area contributed by atoms with Crippen molar-refractivity contribution in [2.75, 3.05) is 6.61 Å². The van der Waals surface area contributed by atoms with E-state index in [1.54, 1.807) is 0 Å². The molecule has 5 atom stereocenters. The van der Waals surface area contributed by atoms with Crippen LogP contribution in [0.4, 0.5) is 13.2 Å². The summed E-state index contributed by atoms with van der Waals surface area (Å²) in [5.74, 6) is 0. The average molecular weight is 311 g/mol. The highest BCUT2D eigenvalue weighted by atomic mass is 32.2. The maximum Gasteiger partial charge on any atom is 0.499 e. The van der Waals surface area contributed by atoms with Gasteiger partial charge < -0.3 is 30.9 Å². The zero-order valence-electron chi connectivity index (χ0n) is 9.15. The minimum Gasteiger partial charge on any atom is -0.394 e. The molecule has 1 aliphatic heterocycles. The first-order valence-corrected chi connectivity index (χ1v) is 6.29. The fraction of sp³-hybridized carbons (Fsp3) is 1.00.